The molecule has 2 aromatic carbocycles. The van der Waals surface area contributed by atoms with Crippen LogP contribution in [0.2, 0.25) is 0 Å². The Bertz CT molecular complexity index is 819. The van der Waals surface area contributed by atoms with Gasteiger partial charge in [0.25, 0.3) is 5.91 Å². The lowest BCUT2D eigenvalue weighted by Crippen LogP contribution is -2.30. The Morgan fingerprint density at radius 3 is 2.52 bits per heavy atom. The lowest BCUT2D eigenvalue weighted by molar-refractivity contribution is -0.132. The minimum Gasteiger partial charge on any atom is -0.484 e. The average molecular weight is 341 g/mol. The molecule has 0 spiro atoms. The lowest BCUT2D eigenvalue weighted by Gasteiger charge is -2.17. The van der Waals surface area contributed by atoms with Crippen LogP contribution in [0.15, 0.2) is 54.9 Å². The largest absolute Gasteiger partial charge is 0.484 e. The maximum atomic E-state index is 12.9. The molecule has 128 valence electrons. The van der Waals surface area contributed by atoms with Gasteiger partial charge in [0.2, 0.25) is 0 Å². The van der Waals surface area contributed by atoms with Gasteiger partial charge in [0.15, 0.2) is 6.61 Å². The summed E-state index contributed by atoms with van der Waals surface area (Å²) in [5.41, 5.74) is 1.64. The number of carbonyl (C=O) groups is 1. The van der Waals surface area contributed by atoms with E-state index in [1.54, 1.807) is 43.4 Å². The molecule has 0 bridgehead atoms. The number of tetrazole rings is 1. The topological polar surface area (TPSA) is 73.1 Å². The Morgan fingerprint density at radius 1 is 1.16 bits per heavy atom. The van der Waals surface area contributed by atoms with Gasteiger partial charge in [-0.2, -0.15) is 0 Å². The van der Waals surface area contributed by atoms with Gasteiger partial charge < -0.3 is 9.64 Å². The molecule has 0 N–H and O–H groups in total. The fourth-order valence-corrected chi connectivity index (χ4v) is 2.18. The van der Waals surface area contributed by atoms with E-state index in [4.69, 9.17) is 4.74 Å². The highest BCUT2D eigenvalue weighted by Crippen LogP contribution is 2.14. The van der Waals surface area contributed by atoms with Crippen LogP contribution in [0.5, 0.6) is 5.75 Å². The molecule has 1 heterocycles. The third kappa shape index (κ3) is 4.37. The van der Waals surface area contributed by atoms with Crippen LogP contribution in [0, 0.1) is 5.82 Å². The highest BCUT2D eigenvalue weighted by molar-refractivity contribution is 5.77. The Morgan fingerprint density at radius 2 is 1.88 bits per heavy atom. The summed E-state index contributed by atoms with van der Waals surface area (Å²) in [5.74, 6) is 0.0976. The number of nitrogens with zero attached hydrogens (tertiary/aromatic N) is 5. The van der Waals surface area contributed by atoms with Crippen molar-refractivity contribution in [1.82, 2.24) is 25.1 Å². The van der Waals surface area contributed by atoms with Gasteiger partial charge in [0.05, 0.1) is 5.69 Å². The van der Waals surface area contributed by atoms with Crippen molar-refractivity contribution in [3.8, 4) is 11.4 Å². The predicted molar refractivity (Wildman–Crippen MR) is 87.5 cm³/mol. The molecule has 3 rings (SSSR count). The second-order valence-electron chi connectivity index (χ2n) is 5.41. The van der Waals surface area contributed by atoms with E-state index < -0.39 is 0 Å². The number of hydrogen-bond acceptors (Lipinski definition) is 5. The van der Waals surface area contributed by atoms with Crippen molar-refractivity contribution in [3.63, 3.8) is 0 Å². The van der Waals surface area contributed by atoms with Gasteiger partial charge >= 0.3 is 0 Å². The molecule has 0 radical (unpaired) electrons. The van der Waals surface area contributed by atoms with E-state index in [0.29, 0.717) is 12.3 Å². The number of likely N-dealkylation sites (N-methyl/N-ethyl adjacent to an activating group) is 1. The number of ether oxygens (including phenoxy) is 1. The van der Waals surface area contributed by atoms with E-state index >= 15 is 0 Å². The standard InChI is InChI=1S/C17H16FN5O2/c1-22(10-13-2-4-14(18)5-3-13)17(24)11-25-16-8-6-15(7-9-16)23-12-19-20-21-23/h2-9,12H,10-11H2,1H3. The van der Waals surface area contributed by atoms with Crippen molar-refractivity contribution in [2.45, 2.75) is 6.54 Å². The molecule has 7 nitrogen and oxygen atoms in total. The van der Waals surface area contributed by atoms with Gasteiger partial charge in [-0.05, 0) is 52.4 Å². The summed E-state index contributed by atoms with van der Waals surface area (Å²) in [6.45, 7) is 0.308. The van der Waals surface area contributed by atoms with Gasteiger partial charge in [-0.3, -0.25) is 4.79 Å². The van der Waals surface area contributed by atoms with Crippen molar-refractivity contribution < 1.29 is 13.9 Å². The lowest BCUT2D eigenvalue weighted by atomic mass is 10.2. The van der Waals surface area contributed by atoms with Crippen molar-refractivity contribution in [2.24, 2.45) is 0 Å². The van der Waals surface area contributed by atoms with Crippen LogP contribution in [0.25, 0.3) is 5.69 Å². The average Bonchev–Trinajstić information content (AvgIpc) is 3.16. The Labute approximate surface area is 143 Å². The number of aromatic nitrogens is 4. The van der Waals surface area contributed by atoms with Crippen LogP contribution >= 0.6 is 0 Å². The first-order valence-electron chi connectivity index (χ1n) is 7.56. The number of rotatable bonds is 6. The fourth-order valence-electron chi connectivity index (χ4n) is 2.18. The van der Waals surface area contributed by atoms with Gasteiger partial charge in [-0.15, -0.1) is 5.10 Å². The smallest absolute Gasteiger partial charge is 0.260 e. The third-order valence-electron chi connectivity index (χ3n) is 3.57. The van der Waals surface area contributed by atoms with Gasteiger partial charge in [0.1, 0.15) is 17.9 Å². The van der Waals surface area contributed by atoms with E-state index in [1.807, 2.05) is 0 Å². The van der Waals surface area contributed by atoms with Crippen LogP contribution in [0.4, 0.5) is 4.39 Å². The molecule has 0 aliphatic carbocycles. The molecule has 0 unspecified atom stereocenters. The first-order chi connectivity index (χ1) is 12.1. The van der Waals surface area contributed by atoms with Crippen LogP contribution in [0.3, 0.4) is 0 Å². The number of amides is 1. The van der Waals surface area contributed by atoms with Crippen LogP contribution in [-0.2, 0) is 11.3 Å². The summed E-state index contributed by atoms with van der Waals surface area (Å²) in [4.78, 5) is 13.7. The highest BCUT2D eigenvalue weighted by Gasteiger charge is 2.10. The second-order valence-corrected chi connectivity index (χ2v) is 5.41. The quantitative estimate of drug-likeness (QED) is 0.684. The molecule has 0 fully saturated rings. The Kier molecular flexibility index (Phi) is 4.98. The molecule has 8 heteroatoms. The minimum atomic E-state index is -0.300. The zero-order chi connectivity index (χ0) is 17.6. The molecule has 0 aliphatic heterocycles. The molecule has 0 atom stereocenters. The van der Waals surface area contributed by atoms with E-state index in [0.717, 1.165) is 11.3 Å². The predicted octanol–water partition coefficient (Wildman–Crippen LogP) is 1.84. The van der Waals surface area contributed by atoms with Crippen LogP contribution in [0.1, 0.15) is 5.56 Å². The summed E-state index contributed by atoms with van der Waals surface area (Å²) < 4.78 is 19.9. The Balaban J connectivity index is 1.52. The van der Waals surface area contributed by atoms with Gasteiger partial charge in [-0.1, -0.05) is 12.1 Å². The molecule has 3 aromatic rings. The van der Waals surface area contributed by atoms with Crippen molar-refractivity contribution >= 4 is 5.91 Å². The van der Waals surface area contributed by atoms with E-state index in [-0.39, 0.29) is 18.3 Å². The van der Waals surface area contributed by atoms with Crippen LogP contribution < -0.4 is 4.74 Å². The first kappa shape index (κ1) is 16.6. The second kappa shape index (κ2) is 7.52. The summed E-state index contributed by atoms with van der Waals surface area (Å²) in [5, 5.41) is 10.9. The number of halogens is 1. The molecular weight excluding hydrogens is 325 g/mol. The molecule has 25 heavy (non-hydrogen) atoms. The molecular formula is C17H16FN5O2. The summed E-state index contributed by atoms with van der Waals surface area (Å²) in [6.07, 6.45) is 1.49. The summed E-state index contributed by atoms with van der Waals surface area (Å²) in [7, 11) is 1.68. The first-order valence-corrected chi connectivity index (χ1v) is 7.56. The van der Waals surface area contributed by atoms with Gasteiger partial charge in [-0.25, -0.2) is 9.07 Å². The van der Waals surface area contributed by atoms with Crippen molar-refractivity contribution in [1.29, 1.82) is 0 Å². The zero-order valence-corrected chi connectivity index (χ0v) is 13.5. The molecule has 0 aliphatic rings. The molecule has 0 saturated carbocycles. The monoisotopic (exact) mass is 341 g/mol. The molecule has 0 saturated heterocycles. The highest BCUT2D eigenvalue weighted by atomic mass is 19.1. The fraction of sp³-hybridized carbons (Fsp3) is 0.176. The number of hydrogen-bond donors (Lipinski definition) is 0. The summed E-state index contributed by atoms with van der Waals surface area (Å²) >= 11 is 0. The Hall–Kier alpha value is -3.29. The number of carbonyl (C=O) groups excluding carboxylic acids is 1. The number of benzene rings is 2. The van der Waals surface area contributed by atoms with E-state index in [2.05, 4.69) is 15.5 Å². The maximum Gasteiger partial charge on any atom is 0.260 e. The van der Waals surface area contributed by atoms with Crippen LogP contribution in [-0.4, -0.2) is 44.7 Å². The molecule has 1 amide bonds. The van der Waals surface area contributed by atoms with Crippen molar-refractivity contribution in [3.05, 3.63) is 66.2 Å². The third-order valence-corrected chi connectivity index (χ3v) is 3.57. The normalized spacial score (nSPS) is 10.5. The minimum absolute atomic E-state index is 0.0814. The maximum absolute atomic E-state index is 12.9. The zero-order valence-electron chi connectivity index (χ0n) is 13.5. The van der Waals surface area contributed by atoms with Crippen molar-refractivity contribution in [2.75, 3.05) is 13.7 Å². The van der Waals surface area contributed by atoms with E-state index in [1.165, 1.54) is 28.0 Å². The molecule has 1 aromatic heterocycles. The van der Waals surface area contributed by atoms with E-state index in [9.17, 15) is 9.18 Å². The SMILES string of the molecule is CN(Cc1ccc(F)cc1)C(=O)COc1ccc(-n2cnnn2)cc1. The summed E-state index contributed by atoms with van der Waals surface area (Å²) in [6, 6.07) is 13.1. The van der Waals surface area contributed by atoms with Gasteiger partial charge in [0, 0.05) is 13.6 Å².